The molecule has 0 aliphatic rings. The maximum Gasteiger partial charge on any atom is 0.329 e. The van der Waals surface area contributed by atoms with Crippen LogP contribution in [0.1, 0.15) is 31.2 Å². The maximum absolute atomic E-state index is 12.3. The Bertz CT molecular complexity index is 713. The Morgan fingerprint density at radius 1 is 1.42 bits per heavy atom. The van der Waals surface area contributed by atoms with Gasteiger partial charge in [-0.25, -0.2) is 4.79 Å². The minimum Gasteiger partial charge on any atom is -0.319 e. The monoisotopic (exact) mass is 283 g/mol. The van der Waals surface area contributed by atoms with Crippen molar-refractivity contribution in [3.05, 3.63) is 43.7 Å². The van der Waals surface area contributed by atoms with Crippen LogP contribution in [0.3, 0.4) is 0 Å². The van der Waals surface area contributed by atoms with Gasteiger partial charge in [-0.2, -0.15) is 0 Å². The summed E-state index contributed by atoms with van der Waals surface area (Å²) in [7, 11) is 1.74. The highest BCUT2D eigenvalue weighted by molar-refractivity contribution is 6.30. The van der Waals surface area contributed by atoms with Gasteiger partial charge in [0, 0.05) is 7.05 Å². The standard InChI is InChI=1S/C11H14ClN5O2/c1-6(2)8-9(12)14-11(19)17(10(8)18)4-7-15-13-5-16(7)3/h5-6H,4H2,1-3H3,(H,14,19). The molecule has 0 radical (unpaired) electrons. The normalized spacial score (nSPS) is 11.2. The number of hydrogen-bond acceptors (Lipinski definition) is 4. The molecule has 2 aromatic heterocycles. The third kappa shape index (κ3) is 2.46. The Morgan fingerprint density at radius 2 is 2.11 bits per heavy atom. The quantitative estimate of drug-likeness (QED) is 0.831. The summed E-state index contributed by atoms with van der Waals surface area (Å²) in [5, 5.41) is 7.67. The van der Waals surface area contributed by atoms with Crippen molar-refractivity contribution in [2.45, 2.75) is 26.3 Å². The van der Waals surface area contributed by atoms with Crippen molar-refractivity contribution < 1.29 is 0 Å². The lowest BCUT2D eigenvalue weighted by Crippen LogP contribution is -2.38. The molecule has 0 amide bonds. The third-order valence-corrected chi connectivity index (χ3v) is 3.15. The molecule has 19 heavy (non-hydrogen) atoms. The van der Waals surface area contributed by atoms with Crippen LogP contribution >= 0.6 is 11.6 Å². The van der Waals surface area contributed by atoms with Gasteiger partial charge in [0.05, 0.1) is 12.1 Å². The molecule has 1 N–H and O–H groups in total. The summed E-state index contributed by atoms with van der Waals surface area (Å²) >= 11 is 5.91. The summed E-state index contributed by atoms with van der Waals surface area (Å²) in [6, 6.07) is 0. The molecule has 0 bridgehead atoms. The third-order valence-electron chi connectivity index (χ3n) is 2.86. The Balaban J connectivity index is 2.58. The highest BCUT2D eigenvalue weighted by Crippen LogP contribution is 2.16. The Hall–Kier alpha value is -1.89. The molecule has 0 saturated heterocycles. The summed E-state index contributed by atoms with van der Waals surface area (Å²) in [6.07, 6.45) is 1.51. The van der Waals surface area contributed by atoms with Gasteiger partial charge >= 0.3 is 5.69 Å². The van der Waals surface area contributed by atoms with Gasteiger partial charge in [-0.05, 0) is 5.92 Å². The van der Waals surface area contributed by atoms with Crippen LogP contribution in [0, 0.1) is 0 Å². The van der Waals surface area contributed by atoms with Gasteiger partial charge in [0.15, 0.2) is 5.82 Å². The molecule has 0 atom stereocenters. The highest BCUT2D eigenvalue weighted by atomic mass is 35.5. The van der Waals surface area contributed by atoms with Crippen LogP contribution in [-0.2, 0) is 13.6 Å². The molecule has 0 aliphatic heterocycles. The van der Waals surface area contributed by atoms with E-state index in [2.05, 4.69) is 15.2 Å². The predicted molar refractivity (Wildman–Crippen MR) is 70.5 cm³/mol. The van der Waals surface area contributed by atoms with Crippen LogP contribution in [0.15, 0.2) is 15.9 Å². The largest absolute Gasteiger partial charge is 0.329 e. The van der Waals surface area contributed by atoms with Gasteiger partial charge in [0.2, 0.25) is 0 Å². The Labute approximate surface area is 113 Å². The number of halogens is 1. The molecule has 7 nitrogen and oxygen atoms in total. The number of aromatic nitrogens is 5. The van der Waals surface area contributed by atoms with Gasteiger partial charge in [-0.1, -0.05) is 25.4 Å². The Morgan fingerprint density at radius 3 is 2.63 bits per heavy atom. The zero-order chi connectivity index (χ0) is 14.2. The van der Waals surface area contributed by atoms with Gasteiger partial charge in [-0.15, -0.1) is 10.2 Å². The van der Waals surface area contributed by atoms with Gasteiger partial charge in [-0.3, -0.25) is 14.3 Å². The fourth-order valence-electron chi connectivity index (χ4n) is 1.80. The van der Waals surface area contributed by atoms with E-state index in [0.717, 1.165) is 4.57 Å². The van der Waals surface area contributed by atoms with Crippen molar-refractivity contribution in [2.24, 2.45) is 7.05 Å². The van der Waals surface area contributed by atoms with Gasteiger partial charge in [0.25, 0.3) is 5.56 Å². The highest BCUT2D eigenvalue weighted by Gasteiger charge is 2.16. The first-order chi connectivity index (χ1) is 8.91. The molecule has 2 heterocycles. The lowest BCUT2D eigenvalue weighted by atomic mass is 10.1. The van der Waals surface area contributed by atoms with Crippen molar-refractivity contribution in [1.82, 2.24) is 24.3 Å². The van der Waals surface area contributed by atoms with Crippen LogP contribution in [0.25, 0.3) is 0 Å². The smallest absolute Gasteiger partial charge is 0.319 e. The number of nitrogens with one attached hydrogen (secondary N) is 1. The molecular weight excluding hydrogens is 270 g/mol. The predicted octanol–water partition coefficient (Wildman–Crippen LogP) is 0.490. The fourth-order valence-corrected chi connectivity index (χ4v) is 2.18. The van der Waals surface area contributed by atoms with E-state index in [9.17, 15) is 9.59 Å². The lowest BCUT2D eigenvalue weighted by molar-refractivity contribution is 0.625. The summed E-state index contributed by atoms with van der Waals surface area (Å²) in [4.78, 5) is 26.6. The Kier molecular flexibility index (Phi) is 3.57. The number of aromatic amines is 1. The molecule has 0 aromatic carbocycles. The van der Waals surface area contributed by atoms with Gasteiger partial charge in [0.1, 0.15) is 11.5 Å². The van der Waals surface area contributed by atoms with E-state index in [1.165, 1.54) is 6.33 Å². The average Bonchev–Trinajstić information content (AvgIpc) is 2.69. The number of nitrogens with zero attached hydrogens (tertiary/aromatic N) is 4. The van der Waals surface area contributed by atoms with E-state index < -0.39 is 11.2 Å². The molecular formula is C11H14ClN5O2. The first kappa shape index (κ1) is 13.5. The molecule has 0 saturated carbocycles. The van der Waals surface area contributed by atoms with Gasteiger partial charge < -0.3 is 4.57 Å². The summed E-state index contributed by atoms with van der Waals surface area (Å²) in [5.74, 6) is 0.437. The summed E-state index contributed by atoms with van der Waals surface area (Å²) in [5.41, 5.74) is -0.558. The van der Waals surface area contributed by atoms with Crippen LogP contribution in [0.4, 0.5) is 0 Å². The summed E-state index contributed by atoms with van der Waals surface area (Å²) in [6.45, 7) is 3.74. The SMILES string of the molecule is CC(C)c1c(Cl)[nH]c(=O)n(Cc2nncn2C)c1=O. The molecule has 2 aromatic rings. The van der Waals surface area contributed by atoms with Crippen molar-refractivity contribution in [1.29, 1.82) is 0 Å². The minimum absolute atomic E-state index is 0.0571. The second kappa shape index (κ2) is 5.00. The zero-order valence-corrected chi connectivity index (χ0v) is 11.6. The second-order valence-electron chi connectivity index (χ2n) is 4.56. The van der Waals surface area contributed by atoms with Crippen LogP contribution in [0.5, 0.6) is 0 Å². The molecule has 0 unspecified atom stereocenters. The number of rotatable bonds is 3. The molecule has 0 spiro atoms. The topological polar surface area (TPSA) is 85.6 Å². The summed E-state index contributed by atoms with van der Waals surface area (Å²) < 4.78 is 2.72. The maximum atomic E-state index is 12.3. The molecule has 8 heteroatoms. The first-order valence-corrected chi connectivity index (χ1v) is 6.15. The molecule has 2 rings (SSSR count). The number of H-pyrrole nitrogens is 1. The zero-order valence-electron chi connectivity index (χ0n) is 10.8. The van der Waals surface area contributed by atoms with Crippen molar-refractivity contribution in [2.75, 3.05) is 0 Å². The average molecular weight is 284 g/mol. The number of aryl methyl sites for hydroxylation is 1. The van der Waals surface area contributed by atoms with Crippen molar-refractivity contribution in [3.8, 4) is 0 Å². The minimum atomic E-state index is -0.553. The van der Waals surface area contributed by atoms with E-state index in [0.29, 0.717) is 11.4 Å². The van der Waals surface area contributed by atoms with Crippen LogP contribution in [-0.4, -0.2) is 24.3 Å². The molecule has 0 fully saturated rings. The van der Waals surface area contributed by atoms with Crippen molar-refractivity contribution >= 4 is 11.6 Å². The lowest BCUT2D eigenvalue weighted by Gasteiger charge is -2.10. The second-order valence-corrected chi connectivity index (χ2v) is 4.94. The van der Waals surface area contributed by atoms with Crippen molar-refractivity contribution in [3.63, 3.8) is 0 Å². The van der Waals surface area contributed by atoms with E-state index in [-0.39, 0.29) is 17.6 Å². The van der Waals surface area contributed by atoms with E-state index in [1.807, 2.05) is 13.8 Å². The number of hydrogen-bond donors (Lipinski definition) is 1. The molecule has 102 valence electrons. The fraction of sp³-hybridized carbons (Fsp3) is 0.455. The van der Waals surface area contributed by atoms with E-state index >= 15 is 0 Å². The van der Waals surface area contributed by atoms with E-state index in [1.54, 1.807) is 11.6 Å². The van der Waals surface area contributed by atoms with Crippen LogP contribution < -0.4 is 11.2 Å². The first-order valence-electron chi connectivity index (χ1n) is 5.77. The van der Waals surface area contributed by atoms with Crippen LogP contribution in [0.2, 0.25) is 5.15 Å². The van der Waals surface area contributed by atoms with E-state index in [4.69, 9.17) is 11.6 Å². The molecule has 0 aliphatic carbocycles.